The number of amides is 1. The van der Waals surface area contributed by atoms with E-state index < -0.39 is 6.43 Å². The predicted molar refractivity (Wildman–Crippen MR) is 156 cm³/mol. The van der Waals surface area contributed by atoms with Crippen molar-refractivity contribution in [1.82, 2.24) is 29.7 Å². The molecule has 0 spiro atoms. The number of fused-ring (bicyclic) bond motifs is 1. The summed E-state index contributed by atoms with van der Waals surface area (Å²) in [5.41, 5.74) is 0.984. The van der Waals surface area contributed by atoms with Crippen LogP contribution in [-0.2, 0) is 9.53 Å². The number of ether oxygens (including phenoxy) is 2. The number of hydrogen-bond acceptors (Lipinski definition) is 9. The first-order valence-corrected chi connectivity index (χ1v) is 15.3. The van der Waals surface area contributed by atoms with Crippen LogP contribution in [0, 0.1) is 5.92 Å². The van der Waals surface area contributed by atoms with E-state index in [-0.39, 0.29) is 35.7 Å². The molecule has 1 aliphatic carbocycles. The number of nitrogens with zero attached hydrogens (tertiary/aromatic N) is 6. The van der Waals surface area contributed by atoms with Gasteiger partial charge in [0.05, 0.1) is 30.4 Å². The molecule has 4 heterocycles. The number of piperidine rings is 1. The molecule has 1 aromatic carbocycles. The van der Waals surface area contributed by atoms with Crippen LogP contribution in [0.5, 0.6) is 5.88 Å². The van der Waals surface area contributed by atoms with Crippen LogP contribution in [0.2, 0.25) is 0 Å². The fraction of sp³-hybridized carbons (Fsp3) is 0.600. The van der Waals surface area contributed by atoms with Crippen molar-refractivity contribution in [2.75, 3.05) is 57.4 Å². The number of aliphatic hydroxyl groups is 1. The maximum atomic E-state index is 14.1. The highest BCUT2D eigenvalue weighted by Crippen LogP contribution is 2.32. The van der Waals surface area contributed by atoms with Crippen molar-refractivity contribution in [2.45, 2.75) is 57.2 Å². The highest BCUT2D eigenvalue weighted by molar-refractivity contribution is 5.79. The lowest BCUT2D eigenvalue weighted by molar-refractivity contribution is -0.126. The van der Waals surface area contributed by atoms with Gasteiger partial charge in [-0.2, -0.15) is 9.97 Å². The number of anilines is 1. The molecule has 6 rings (SSSR count). The molecule has 11 nitrogen and oxygen atoms in total. The molecule has 1 saturated carbocycles. The Balaban J connectivity index is 1.13. The van der Waals surface area contributed by atoms with Crippen LogP contribution >= 0.6 is 0 Å². The third-order valence-corrected chi connectivity index (χ3v) is 8.60. The van der Waals surface area contributed by atoms with Crippen molar-refractivity contribution in [3.05, 3.63) is 36.2 Å². The Hall–Kier alpha value is -3.42. The quantitative estimate of drug-likeness (QED) is 0.383. The van der Waals surface area contributed by atoms with Crippen LogP contribution in [0.3, 0.4) is 0 Å². The number of carbonyl (C=O) groups is 1. The predicted octanol–water partition coefficient (Wildman–Crippen LogP) is 3.10. The second-order valence-electron chi connectivity index (χ2n) is 11.5. The van der Waals surface area contributed by atoms with Crippen molar-refractivity contribution in [1.29, 1.82) is 0 Å². The molecule has 0 bridgehead atoms. The Morgan fingerprint density at radius 3 is 2.51 bits per heavy atom. The largest absolute Gasteiger partial charge is 0.474 e. The Morgan fingerprint density at radius 2 is 1.77 bits per heavy atom. The van der Waals surface area contributed by atoms with Crippen molar-refractivity contribution < 1.29 is 28.2 Å². The zero-order valence-electron chi connectivity index (χ0n) is 24.2. The maximum absolute atomic E-state index is 14.1. The van der Waals surface area contributed by atoms with Gasteiger partial charge >= 0.3 is 0 Å². The first-order valence-electron chi connectivity index (χ1n) is 15.3. The molecule has 2 N–H and O–H groups in total. The van der Waals surface area contributed by atoms with Crippen molar-refractivity contribution >= 4 is 22.9 Å². The molecule has 0 radical (unpaired) electrons. The van der Waals surface area contributed by atoms with Gasteiger partial charge in [-0.1, -0.05) is 12.1 Å². The lowest BCUT2D eigenvalue weighted by Crippen LogP contribution is -2.42. The summed E-state index contributed by atoms with van der Waals surface area (Å²) < 4.78 is 41.5. The second-order valence-corrected chi connectivity index (χ2v) is 11.5. The molecule has 0 unspecified atom stereocenters. The number of benzene rings is 1. The summed E-state index contributed by atoms with van der Waals surface area (Å²) in [6.07, 6.45) is 1.17. The first kappa shape index (κ1) is 29.6. The number of morpholine rings is 1. The highest BCUT2D eigenvalue weighted by atomic mass is 19.3. The molecule has 1 amide bonds. The minimum absolute atomic E-state index is 0.0703. The van der Waals surface area contributed by atoms with E-state index in [2.05, 4.69) is 25.2 Å². The smallest absolute Gasteiger partial charge is 0.296 e. The van der Waals surface area contributed by atoms with Gasteiger partial charge in [0.1, 0.15) is 11.9 Å². The standard InChI is InChI=1S/C30H39F2N7O4/c31-27(32)28-34-23-3-1-2-4-24(23)39(28)25-19-26(36-30(35-25)38-15-17-42-18-16-38)43-22-7-5-20(6-8-22)29(41)33-11-14-37-12-9-21(40)10-13-37/h1-4,19-22,27,40H,5-18H2,(H,33,41). The number of aliphatic hydroxyl groups excluding tert-OH is 1. The maximum Gasteiger partial charge on any atom is 0.296 e. The summed E-state index contributed by atoms with van der Waals surface area (Å²) in [6, 6.07) is 8.59. The summed E-state index contributed by atoms with van der Waals surface area (Å²) in [5, 5.41) is 12.8. The molecule has 2 saturated heterocycles. The minimum Gasteiger partial charge on any atom is -0.474 e. The van der Waals surface area contributed by atoms with Gasteiger partial charge in [0.2, 0.25) is 17.7 Å². The van der Waals surface area contributed by atoms with Crippen molar-refractivity contribution in [3.63, 3.8) is 0 Å². The van der Waals surface area contributed by atoms with Gasteiger partial charge in [0.15, 0.2) is 5.82 Å². The van der Waals surface area contributed by atoms with E-state index in [1.807, 2.05) is 4.90 Å². The average Bonchev–Trinajstić information content (AvgIpc) is 3.43. The Morgan fingerprint density at radius 1 is 1.02 bits per heavy atom. The van der Waals surface area contributed by atoms with Crippen molar-refractivity contribution in [2.24, 2.45) is 5.92 Å². The normalized spacial score (nSPS) is 22.3. The Labute approximate surface area is 249 Å². The first-order chi connectivity index (χ1) is 20.9. The number of hydrogen-bond donors (Lipinski definition) is 2. The second kappa shape index (κ2) is 13.5. The van der Waals surface area contributed by atoms with Crippen molar-refractivity contribution in [3.8, 4) is 11.7 Å². The van der Waals surface area contributed by atoms with Crippen LogP contribution in [0.4, 0.5) is 14.7 Å². The molecule has 2 aliphatic heterocycles. The van der Waals surface area contributed by atoms with Crippen LogP contribution in [0.25, 0.3) is 16.9 Å². The summed E-state index contributed by atoms with van der Waals surface area (Å²) in [7, 11) is 0. The molecule has 3 aromatic rings. The number of likely N-dealkylation sites (tertiary alicyclic amines) is 1. The third-order valence-electron chi connectivity index (χ3n) is 8.60. The monoisotopic (exact) mass is 599 g/mol. The van der Waals surface area contributed by atoms with E-state index in [9.17, 15) is 18.7 Å². The number of imidazole rings is 1. The molecule has 2 aromatic heterocycles. The molecule has 3 fully saturated rings. The molecular weight excluding hydrogens is 560 g/mol. The topological polar surface area (TPSA) is 118 Å². The lowest BCUT2D eigenvalue weighted by Gasteiger charge is -2.31. The number of alkyl halides is 2. The minimum atomic E-state index is -2.80. The van der Waals surface area contributed by atoms with Crippen LogP contribution in [0.15, 0.2) is 30.3 Å². The van der Waals surface area contributed by atoms with Crippen LogP contribution < -0.4 is 15.0 Å². The van der Waals surface area contributed by atoms with Gasteiger partial charge < -0.3 is 29.7 Å². The van der Waals surface area contributed by atoms with E-state index in [0.717, 1.165) is 32.5 Å². The molecule has 232 valence electrons. The van der Waals surface area contributed by atoms with Gasteiger partial charge in [-0.05, 0) is 50.7 Å². The average molecular weight is 600 g/mol. The zero-order valence-corrected chi connectivity index (χ0v) is 24.2. The van der Waals surface area contributed by atoms with Gasteiger partial charge in [0.25, 0.3) is 6.43 Å². The number of rotatable bonds is 9. The van der Waals surface area contributed by atoms with E-state index in [1.54, 1.807) is 30.3 Å². The van der Waals surface area contributed by atoms with E-state index >= 15 is 0 Å². The summed E-state index contributed by atoms with van der Waals surface area (Å²) >= 11 is 0. The molecule has 0 atom stereocenters. The van der Waals surface area contributed by atoms with Gasteiger partial charge in [-0.15, -0.1) is 0 Å². The lowest BCUT2D eigenvalue weighted by atomic mass is 9.87. The van der Waals surface area contributed by atoms with E-state index in [4.69, 9.17) is 9.47 Å². The molecule has 3 aliphatic rings. The van der Waals surface area contributed by atoms with Gasteiger partial charge in [-0.3, -0.25) is 9.36 Å². The molecular formula is C30H39F2N7O4. The Bertz CT molecular complexity index is 1380. The van der Waals surface area contributed by atoms with E-state index in [1.165, 1.54) is 4.57 Å². The number of para-hydroxylation sites is 2. The number of halogens is 2. The van der Waals surface area contributed by atoms with Crippen LogP contribution in [-0.4, -0.2) is 100 Å². The number of aromatic nitrogens is 4. The number of nitrogens with one attached hydrogen (secondary N) is 1. The number of carbonyl (C=O) groups excluding carboxylic acids is 1. The summed E-state index contributed by atoms with van der Waals surface area (Å²) in [5.74, 6) is 0.587. The summed E-state index contributed by atoms with van der Waals surface area (Å²) in [6.45, 7) is 5.31. The summed E-state index contributed by atoms with van der Waals surface area (Å²) in [4.78, 5) is 30.6. The van der Waals surface area contributed by atoms with E-state index in [0.29, 0.717) is 81.4 Å². The molecule has 43 heavy (non-hydrogen) atoms. The fourth-order valence-electron chi connectivity index (χ4n) is 6.15. The fourth-order valence-corrected chi connectivity index (χ4v) is 6.15. The van der Waals surface area contributed by atoms with Gasteiger partial charge in [-0.25, -0.2) is 13.8 Å². The van der Waals surface area contributed by atoms with Crippen LogP contribution in [0.1, 0.15) is 50.8 Å². The molecule has 13 heteroatoms. The SMILES string of the molecule is O=C(NCCN1CCC(O)CC1)C1CCC(Oc2cc(-n3c(C(F)F)nc4ccccc43)nc(N3CCOCC3)n2)CC1. The Kier molecular flexibility index (Phi) is 9.29. The third kappa shape index (κ3) is 7.05. The highest BCUT2D eigenvalue weighted by Gasteiger charge is 2.29. The van der Waals surface area contributed by atoms with Gasteiger partial charge in [0, 0.05) is 51.3 Å². The zero-order chi connectivity index (χ0) is 29.8.